The van der Waals surface area contributed by atoms with E-state index in [0.29, 0.717) is 5.41 Å². The van der Waals surface area contributed by atoms with Gasteiger partial charge in [-0.3, -0.25) is 0 Å². The number of rotatable bonds is 6. The molecule has 0 atom stereocenters. The largest absolute Gasteiger partial charge is 0.330 e. The summed E-state index contributed by atoms with van der Waals surface area (Å²) in [6.07, 6.45) is 5.46. The summed E-state index contributed by atoms with van der Waals surface area (Å²) >= 11 is 0. The number of para-hydroxylation sites is 2. The van der Waals surface area contributed by atoms with E-state index in [-0.39, 0.29) is 0 Å². The number of aromatic nitrogens is 2. The van der Waals surface area contributed by atoms with E-state index < -0.39 is 0 Å². The van der Waals surface area contributed by atoms with Crippen molar-refractivity contribution in [3.63, 3.8) is 0 Å². The van der Waals surface area contributed by atoms with Crippen LogP contribution in [0.3, 0.4) is 0 Å². The van der Waals surface area contributed by atoms with Gasteiger partial charge in [-0.2, -0.15) is 0 Å². The molecule has 0 spiro atoms. The second-order valence-corrected chi connectivity index (χ2v) is 5.93. The third-order valence-electron chi connectivity index (χ3n) is 4.40. The minimum Gasteiger partial charge on any atom is -0.330 e. The molecule has 19 heavy (non-hydrogen) atoms. The molecule has 0 unspecified atom stereocenters. The van der Waals surface area contributed by atoms with Crippen LogP contribution >= 0.6 is 0 Å². The molecule has 3 nitrogen and oxygen atoms in total. The van der Waals surface area contributed by atoms with Gasteiger partial charge in [0.2, 0.25) is 0 Å². The number of benzene rings is 1. The van der Waals surface area contributed by atoms with Crippen LogP contribution in [0.2, 0.25) is 0 Å². The van der Waals surface area contributed by atoms with Crippen LogP contribution in [0.15, 0.2) is 24.3 Å². The molecular weight excluding hydrogens is 234 g/mol. The van der Waals surface area contributed by atoms with Gasteiger partial charge in [0.15, 0.2) is 0 Å². The molecule has 3 rings (SSSR count). The number of nitrogens with zero attached hydrogens (tertiary/aromatic N) is 2. The maximum absolute atomic E-state index is 4.70. The minimum absolute atomic E-state index is 0.610. The zero-order valence-electron chi connectivity index (χ0n) is 11.9. The fourth-order valence-corrected chi connectivity index (χ4v) is 3.02. The Hall–Kier alpha value is -1.35. The van der Waals surface area contributed by atoms with E-state index in [0.717, 1.165) is 24.4 Å². The van der Waals surface area contributed by atoms with Crippen molar-refractivity contribution in [2.45, 2.75) is 39.2 Å². The summed E-state index contributed by atoms with van der Waals surface area (Å²) in [5.74, 6) is 1.13. The summed E-state index contributed by atoms with van der Waals surface area (Å²) in [5.41, 5.74) is 2.92. The van der Waals surface area contributed by atoms with Crippen molar-refractivity contribution in [1.29, 1.82) is 0 Å². The third-order valence-corrected chi connectivity index (χ3v) is 4.40. The number of fused-ring (bicyclic) bond motifs is 1. The molecular formula is C16H23N3. The fourth-order valence-electron chi connectivity index (χ4n) is 3.02. The molecule has 3 heteroatoms. The molecule has 0 saturated heterocycles. The highest BCUT2D eigenvalue weighted by molar-refractivity contribution is 5.75. The molecule has 0 amide bonds. The van der Waals surface area contributed by atoms with Gasteiger partial charge < -0.3 is 9.88 Å². The molecule has 102 valence electrons. The average Bonchev–Trinajstić information content (AvgIpc) is 3.10. The van der Waals surface area contributed by atoms with Gasteiger partial charge in [0.25, 0.3) is 0 Å². The van der Waals surface area contributed by atoms with Crippen LogP contribution in [0.25, 0.3) is 11.0 Å². The van der Waals surface area contributed by atoms with Gasteiger partial charge in [-0.15, -0.1) is 0 Å². The predicted molar refractivity (Wildman–Crippen MR) is 79.0 cm³/mol. The second-order valence-electron chi connectivity index (χ2n) is 5.93. The van der Waals surface area contributed by atoms with Gasteiger partial charge in [-0.25, -0.2) is 4.98 Å². The highest BCUT2D eigenvalue weighted by Gasteiger charge is 2.40. The van der Waals surface area contributed by atoms with E-state index in [1.807, 2.05) is 6.07 Å². The molecule has 2 aromatic rings. The Morgan fingerprint density at radius 1 is 1.32 bits per heavy atom. The van der Waals surface area contributed by atoms with Crippen LogP contribution in [0.4, 0.5) is 0 Å². The maximum Gasteiger partial charge on any atom is 0.123 e. The lowest BCUT2D eigenvalue weighted by Gasteiger charge is -2.14. The van der Waals surface area contributed by atoms with Gasteiger partial charge in [0.1, 0.15) is 5.82 Å². The number of hydrogen-bond donors (Lipinski definition) is 1. The highest BCUT2D eigenvalue weighted by Crippen LogP contribution is 2.48. The molecule has 1 aromatic heterocycles. The Kier molecular flexibility index (Phi) is 3.31. The average molecular weight is 257 g/mol. The zero-order valence-corrected chi connectivity index (χ0v) is 11.9. The van der Waals surface area contributed by atoms with E-state index in [1.165, 1.54) is 31.2 Å². The van der Waals surface area contributed by atoms with E-state index in [9.17, 15) is 0 Å². The Balaban J connectivity index is 1.64. The maximum atomic E-state index is 4.70. The van der Waals surface area contributed by atoms with Crippen molar-refractivity contribution in [3.05, 3.63) is 30.1 Å². The topological polar surface area (TPSA) is 29.9 Å². The lowest BCUT2D eigenvalue weighted by atomic mass is 10.0. The van der Waals surface area contributed by atoms with Gasteiger partial charge in [0.05, 0.1) is 17.6 Å². The molecule has 1 N–H and O–H groups in total. The quantitative estimate of drug-likeness (QED) is 0.861. The Morgan fingerprint density at radius 3 is 2.79 bits per heavy atom. The summed E-state index contributed by atoms with van der Waals surface area (Å²) in [5, 5.41) is 3.61. The molecule has 1 saturated carbocycles. The van der Waals surface area contributed by atoms with Crippen LogP contribution in [-0.2, 0) is 13.6 Å². The number of imidazole rings is 1. The first-order chi connectivity index (χ1) is 9.24. The summed E-state index contributed by atoms with van der Waals surface area (Å²) in [6, 6.07) is 8.33. The van der Waals surface area contributed by atoms with Gasteiger partial charge in [-0.05, 0) is 36.8 Å². The monoisotopic (exact) mass is 257 g/mol. The number of nitrogens with one attached hydrogen (secondary N) is 1. The molecule has 1 aliphatic rings. The number of hydrogen-bond acceptors (Lipinski definition) is 2. The molecule has 1 aromatic carbocycles. The molecule has 0 bridgehead atoms. The van der Waals surface area contributed by atoms with Crippen molar-refractivity contribution >= 4 is 11.0 Å². The van der Waals surface area contributed by atoms with Crippen LogP contribution in [0, 0.1) is 5.41 Å². The molecule has 1 heterocycles. The summed E-state index contributed by atoms with van der Waals surface area (Å²) in [4.78, 5) is 4.70. The Bertz CT molecular complexity index is 566. The van der Waals surface area contributed by atoms with Gasteiger partial charge in [-0.1, -0.05) is 25.5 Å². The van der Waals surface area contributed by atoms with E-state index in [4.69, 9.17) is 4.98 Å². The highest BCUT2D eigenvalue weighted by atomic mass is 15.1. The van der Waals surface area contributed by atoms with Crippen LogP contribution in [0.5, 0.6) is 0 Å². The first kappa shape index (κ1) is 12.7. The second kappa shape index (κ2) is 4.97. The number of aryl methyl sites for hydroxylation is 1. The first-order valence-electron chi connectivity index (χ1n) is 7.35. The minimum atomic E-state index is 0.610. The normalized spacial score (nSPS) is 16.9. The summed E-state index contributed by atoms with van der Waals surface area (Å²) in [7, 11) is 2.10. The van der Waals surface area contributed by atoms with E-state index in [1.54, 1.807) is 0 Å². The van der Waals surface area contributed by atoms with Crippen molar-refractivity contribution < 1.29 is 0 Å². The summed E-state index contributed by atoms with van der Waals surface area (Å²) in [6.45, 7) is 4.30. The van der Waals surface area contributed by atoms with Crippen molar-refractivity contribution in [2.24, 2.45) is 12.5 Å². The molecule has 1 fully saturated rings. The molecule has 0 radical (unpaired) electrons. The zero-order chi connectivity index (χ0) is 13.3. The third kappa shape index (κ3) is 2.52. The van der Waals surface area contributed by atoms with Gasteiger partial charge >= 0.3 is 0 Å². The first-order valence-corrected chi connectivity index (χ1v) is 7.35. The lowest BCUT2D eigenvalue weighted by Crippen LogP contribution is -2.24. The molecule has 0 aliphatic heterocycles. The van der Waals surface area contributed by atoms with E-state index in [2.05, 4.69) is 42.1 Å². The van der Waals surface area contributed by atoms with Crippen molar-refractivity contribution in [2.75, 3.05) is 6.54 Å². The smallest absolute Gasteiger partial charge is 0.123 e. The predicted octanol–water partition coefficient (Wildman–Crippen LogP) is 3.24. The Morgan fingerprint density at radius 2 is 2.11 bits per heavy atom. The van der Waals surface area contributed by atoms with Crippen LogP contribution in [0.1, 0.15) is 38.4 Å². The lowest BCUT2D eigenvalue weighted by molar-refractivity contribution is 0.416. The SMILES string of the molecule is CCCC1(CNCc2nc3ccccc3n2C)CC1. The van der Waals surface area contributed by atoms with Crippen molar-refractivity contribution in [1.82, 2.24) is 14.9 Å². The van der Waals surface area contributed by atoms with E-state index >= 15 is 0 Å². The fraction of sp³-hybridized carbons (Fsp3) is 0.562. The summed E-state index contributed by atoms with van der Waals surface area (Å²) < 4.78 is 2.20. The van der Waals surface area contributed by atoms with Gasteiger partial charge in [0, 0.05) is 13.6 Å². The van der Waals surface area contributed by atoms with Crippen LogP contribution < -0.4 is 5.32 Å². The van der Waals surface area contributed by atoms with Crippen molar-refractivity contribution in [3.8, 4) is 0 Å². The molecule has 1 aliphatic carbocycles. The Labute approximate surface area is 115 Å². The standard InChI is InChI=1S/C16H23N3/c1-3-8-16(9-10-16)12-17-11-15-18-13-6-4-5-7-14(13)19(15)2/h4-7,17H,3,8-12H2,1-2H3. The van der Waals surface area contributed by atoms with Crippen LogP contribution in [-0.4, -0.2) is 16.1 Å².